The third-order valence-electron chi connectivity index (χ3n) is 2.92. The lowest BCUT2D eigenvalue weighted by Crippen LogP contribution is -2.49. The number of halogens is 2. The van der Waals surface area contributed by atoms with Gasteiger partial charge in [0.2, 0.25) is 0 Å². The number of hydrogen-bond donors (Lipinski definition) is 1. The molecule has 0 fully saturated rings. The van der Waals surface area contributed by atoms with Crippen LogP contribution >= 0.6 is 0 Å². The minimum absolute atomic E-state index is 0.0492. The highest BCUT2D eigenvalue weighted by Crippen LogP contribution is 2.21. The number of benzene rings is 1. The van der Waals surface area contributed by atoms with E-state index in [1.807, 2.05) is 0 Å². The van der Waals surface area contributed by atoms with Crippen molar-refractivity contribution in [3.8, 4) is 5.75 Å². The van der Waals surface area contributed by atoms with E-state index in [4.69, 9.17) is 0 Å². The third kappa shape index (κ3) is 4.98. The summed E-state index contributed by atoms with van der Waals surface area (Å²) in [4.78, 5) is 23.9. The lowest BCUT2D eigenvalue weighted by Gasteiger charge is -2.29. The molecule has 1 N–H and O–H groups in total. The quantitative estimate of drug-likeness (QED) is 0.848. The molecule has 0 heterocycles. The molecule has 0 radical (unpaired) electrons. The zero-order chi connectivity index (χ0) is 16.9. The maximum Gasteiger partial charge on any atom is 0.387 e. The Hall–Kier alpha value is -2.18. The van der Waals surface area contributed by atoms with Gasteiger partial charge in [-0.05, 0) is 29.7 Å². The summed E-state index contributed by atoms with van der Waals surface area (Å²) in [5, 5.41) is 2.58. The molecule has 0 aliphatic rings. The lowest BCUT2D eigenvalue weighted by molar-refractivity contribution is -0.145. The van der Waals surface area contributed by atoms with E-state index in [0.29, 0.717) is 0 Å². The van der Waals surface area contributed by atoms with Crippen LogP contribution in [-0.2, 0) is 9.53 Å². The van der Waals surface area contributed by atoms with Gasteiger partial charge in [0.25, 0.3) is 5.91 Å². The van der Waals surface area contributed by atoms with Crippen molar-refractivity contribution in [1.82, 2.24) is 5.32 Å². The molecule has 0 aliphatic heterocycles. The molecule has 22 heavy (non-hydrogen) atoms. The second kappa shape index (κ2) is 7.20. The fourth-order valence-corrected chi connectivity index (χ4v) is 1.75. The number of rotatable bonds is 5. The average Bonchev–Trinajstić information content (AvgIpc) is 2.42. The minimum Gasteiger partial charge on any atom is -0.467 e. The first kappa shape index (κ1) is 17.9. The summed E-state index contributed by atoms with van der Waals surface area (Å²) >= 11 is 0. The third-order valence-corrected chi connectivity index (χ3v) is 2.92. The van der Waals surface area contributed by atoms with Crippen LogP contribution in [0.1, 0.15) is 31.1 Å². The molecular formula is C15H19F2NO4. The van der Waals surface area contributed by atoms with Gasteiger partial charge in [-0.3, -0.25) is 4.79 Å². The predicted octanol–water partition coefficient (Wildman–Crippen LogP) is 2.61. The SMILES string of the molecule is COC(=O)[C@@H](NC(=O)c1ccc(OC(F)F)cc1)C(C)(C)C. The molecule has 1 rings (SSSR count). The average molecular weight is 315 g/mol. The van der Waals surface area contributed by atoms with Crippen LogP contribution in [0.25, 0.3) is 0 Å². The summed E-state index contributed by atoms with van der Waals surface area (Å²) in [6.45, 7) is 2.43. The van der Waals surface area contributed by atoms with Gasteiger partial charge < -0.3 is 14.8 Å². The number of esters is 1. The molecule has 0 aromatic heterocycles. The molecule has 0 aliphatic carbocycles. The number of nitrogens with one attached hydrogen (secondary N) is 1. The summed E-state index contributed by atoms with van der Waals surface area (Å²) in [6.07, 6.45) is 0. The Morgan fingerprint density at radius 1 is 1.14 bits per heavy atom. The molecule has 0 saturated carbocycles. The molecule has 5 nitrogen and oxygen atoms in total. The molecule has 0 bridgehead atoms. The van der Waals surface area contributed by atoms with Gasteiger partial charge in [0.05, 0.1) is 7.11 Å². The van der Waals surface area contributed by atoms with Crippen molar-refractivity contribution < 1.29 is 27.8 Å². The maximum atomic E-state index is 12.1. The molecule has 1 aromatic carbocycles. The second-order valence-corrected chi connectivity index (χ2v) is 5.70. The van der Waals surface area contributed by atoms with E-state index in [9.17, 15) is 18.4 Å². The first-order valence-corrected chi connectivity index (χ1v) is 6.58. The number of methoxy groups -OCH3 is 1. The van der Waals surface area contributed by atoms with Crippen LogP contribution in [0.15, 0.2) is 24.3 Å². The molecule has 0 saturated heterocycles. The van der Waals surface area contributed by atoms with Gasteiger partial charge in [-0.25, -0.2) is 4.79 Å². The van der Waals surface area contributed by atoms with Crippen molar-refractivity contribution in [2.45, 2.75) is 33.4 Å². The number of hydrogen-bond acceptors (Lipinski definition) is 4. The Bertz CT molecular complexity index is 523. The fourth-order valence-electron chi connectivity index (χ4n) is 1.75. The van der Waals surface area contributed by atoms with Crippen molar-refractivity contribution >= 4 is 11.9 Å². The predicted molar refractivity (Wildman–Crippen MR) is 75.8 cm³/mol. The van der Waals surface area contributed by atoms with Crippen molar-refractivity contribution in [2.75, 3.05) is 7.11 Å². The number of carbonyl (C=O) groups is 2. The van der Waals surface area contributed by atoms with Crippen LogP contribution in [-0.4, -0.2) is 31.6 Å². The summed E-state index contributed by atoms with van der Waals surface area (Å²) in [6, 6.07) is 4.35. The Morgan fingerprint density at radius 2 is 1.68 bits per heavy atom. The van der Waals surface area contributed by atoms with Gasteiger partial charge in [0, 0.05) is 5.56 Å². The minimum atomic E-state index is -2.93. The Balaban J connectivity index is 2.84. The number of ether oxygens (including phenoxy) is 2. The molecule has 0 unspecified atom stereocenters. The van der Waals surface area contributed by atoms with Gasteiger partial charge in [-0.15, -0.1) is 0 Å². The summed E-state index contributed by atoms with van der Waals surface area (Å²) < 4.78 is 33.0. The van der Waals surface area contributed by atoms with E-state index < -0.39 is 29.9 Å². The largest absolute Gasteiger partial charge is 0.467 e. The first-order valence-electron chi connectivity index (χ1n) is 6.58. The van der Waals surface area contributed by atoms with E-state index in [0.717, 1.165) is 0 Å². The van der Waals surface area contributed by atoms with Crippen molar-refractivity contribution in [3.63, 3.8) is 0 Å². The summed E-state index contributed by atoms with van der Waals surface area (Å²) in [7, 11) is 1.24. The van der Waals surface area contributed by atoms with E-state index in [1.54, 1.807) is 20.8 Å². The van der Waals surface area contributed by atoms with E-state index >= 15 is 0 Å². The van der Waals surface area contributed by atoms with Crippen LogP contribution in [0.4, 0.5) is 8.78 Å². The zero-order valence-electron chi connectivity index (χ0n) is 12.9. The Kier molecular flexibility index (Phi) is 5.84. The van der Waals surface area contributed by atoms with Gasteiger partial charge in [0.1, 0.15) is 11.8 Å². The molecule has 7 heteroatoms. The lowest BCUT2D eigenvalue weighted by atomic mass is 9.86. The van der Waals surface area contributed by atoms with Gasteiger partial charge in [-0.2, -0.15) is 8.78 Å². The van der Waals surface area contributed by atoms with E-state index in [1.165, 1.54) is 31.4 Å². The molecular weight excluding hydrogens is 296 g/mol. The van der Waals surface area contributed by atoms with Gasteiger partial charge >= 0.3 is 12.6 Å². The number of alkyl halides is 2. The van der Waals surface area contributed by atoms with Crippen molar-refractivity contribution in [1.29, 1.82) is 0 Å². The zero-order valence-corrected chi connectivity index (χ0v) is 12.9. The normalized spacial score (nSPS) is 12.7. The van der Waals surface area contributed by atoms with Crippen LogP contribution in [0, 0.1) is 5.41 Å². The monoisotopic (exact) mass is 315 g/mol. The van der Waals surface area contributed by atoms with Crippen LogP contribution in [0.2, 0.25) is 0 Å². The smallest absolute Gasteiger partial charge is 0.387 e. The van der Waals surface area contributed by atoms with Crippen LogP contribution in [0.5, 0.6) is 5.75 Å². The second-order valence-electron chi connectivity index (χ2n) is 5.70. The molecule has 0 spiro atoms. The van der Waals surface area contributed by atoms with Crippen molar-refractivity contribution in [3.05, 3.63) is 29.8 Å². The molecule has 122 valence electrons. The molecule has 1 aromatic rings. The fraction of sp³-hybridized carbons (Fsp3) is 0.467. The molecule has 1 amide bonds. The Labute approximate surface area is 127 Å². The highest BCUT2D eigenvalue weighted by Gasteiger charge is 2.33. The van der Waals surface area contributed by atoms with E-state index in [2.05, 4.69) is 14.8 Å². The first-order chi connectivity index (χ1) is 10.1. The van der Waals surface area contributed by atoms with Crippen LogP contribution in [0.3, 0.4) is 0 Å². The highest BCUT2D eigenvalue weighted by molar-refractivity contribution is 5.97. The van der Waals surface area contributed by atoms with Crippen LogP contribution < -0.4 is 10.1 Å². The van der Waals surface area contributed by atoms with Crippen molar-refractivity contribution in [2.24, 2.45) is 5.41 Å². The standard InChI is InChI=1S/C15H19F2NO4/c1-15(2,3)11(13(20)21-4)18-12(19)9-5-7-10(8-6-9)22-14(16)17/h5-8,11,14H,1-4H3,(H,18,19)/t11-/m1/s1. The maximum absolute atomic E-state index is 12.1. The highest BCUT2D eigenvalue weighted by atomic mass is 19.3. The topological polar surface area (TPSA) is 64.6 Å². The molecule has 1 atom stereocenters. The Morgan fingerprint density at radius 3 is 2.09 bits per heavy atom. The van der Waals surface area contributed by atoms with Gasteiger partial charge in [0.15, 0.2) is 0 Å². The number of amides is 1. The summed E-state index contributed by atoms with van der Waals surface area (Å²) in [5.41, 5.74) is -0.318. The summed E-state index contributed by atoms with van der Waals surface area (Å²) in [5.74, 6) is -1.11. The van der Waals surface area contributed by atoms with Gasteiger partial charge in [-0.1, -0.05) is 20.8 Å². The number of carbonyl (C=O) groups excluding carboxylic acids is 2. The van der Waals surface area contributed by atoms with E-state index in [-0.39, 0.29) is 11.3 Å².